The Balaban J connectivity index is 1.10. The maximum absolute atomic E-state index is 13.5. The molecule has 0 saturated carbocycles. The summed E-state index contributed by atoms with van der Waals surface area (Å²) in [5, 5.41) is 20.7. The van der Waals surface area contributed by atoms with Crippen molar-refractivity contribution in [2.24, 2.45) is 0 Å². The van der Waals surface area contributed by atoms with Crippen molar-refractivity contribution in [2.75, 3.05) is 19.8 Å². The first kappa shape index (κ1) is 24.6. The zero-order valence-corrected chi connectivity index (χ0v) is 23.2. The second-order valence-corrected chi connectivity index (χ2v) is 10.6. The second-order valence-electron chi connectivity index (χ2n) is 9.76. The molecule has 1 amide bonds. The van der Waals surface area contributed by atoms with Crippen molar-refractivity contribution in [3.63, 3.8) is 0 Å². The van der Waals surface area contributed by atoms with Crippen molar-refractivity contribution in [2.45, 2.75) is 26.1 Å². The summed E-state index contributed by atoms with van der Waals surface area (Å²) < 4.78 is 16.1. The number of carbonyl (C=O) groups excluding carboxylic acids is 1. The maximum atomic E-state index is 13.5. The lowest BCUT2D eigenvalue weighted by atomic mass is 10.1. The van der Waals surface area contributed by atoms with E-state index >= 15 is 0 Å². The van der Waals surface area contributed by atoms with Crippen molar-refractivity contribution in [3.8, 4) is 34.0 Å². The molecular weight excluding hydrogens is 576 g/mol. The molecule has 0 bridgehead atoms. The number of carbonyl (C=O) groups is 1. The van der Waals surface area contributed by atoms with Crippen LogP contribution in [0.1, 0.15) is 34.7 Å². The van der Waals surface area contributed by atoms with Gasteiger partial charge in [0.05, 0.1) is 42.9 Å². The van der Waals surface area contributed by atoms with Crippen LogP contribution in [0.15, 0.2) is 65.4 Å². The minimum Gasteiger partial charge on any atom is -0.486 e. The number of benzene rings is 2. The Hall–Kier alpha value is -4.45. The van der Waals surface area contributed by atoms with Crippen molar-refractivity contribution in [3.05, 3.63) is 82.3 Å². The van der Waals surface area contributed by atoms with E-state index in [4.69, 9.17) is 9.47 Å². The molecule has 7 rings (SSSR count). The minimum atomic E-state index is -0.124. The number of amides is 1. The van der Waals surface area contributed by atoms with Crippen molar-refractivity contribution >= 4 is 21.8 Å². The van der Waals surface area contributed by atoms with Gasteiger partial charge < -0.3 is 14.4 Å². The summed E-state index contributed by atoms with van der Waals surface area (Å²) in [5.74, 6) is 1.27. The van der Waals surface area contributed by atoms with Gasteiger partial charge in [-0.15, -0.1) is 5.10 Å². The van der Waals surface area contributed by atoms with E-state index in [0.717, 1.165) is 32.6 Å². The highest BCUT2D eigenvalue weighted by atomic mass is 79.9. The van der Waals surface area contributed by atoms with E-state index < -0.39 is 0 Å². The number of aromatic amines is 1. The number of halogens is 1. The number of nitrogens with zero attached hydrogens (tertiary/aromatic N) is 7. The van der Waals surface area contributed by atoms with Crippen LogP contribution in [0.2, 0.25) is 0 Å². The van der Waals surface area contributed by atoms with E-state index in [1.165, 1.54) is 0 Å². The molecule has 2 aromatic carbocycles. The van der Waals surface area contributed by atoms with Crippen molar-refractivity contribution in [1.29, 1.82) is 0 Å². The van der Waals surface area contributed by atoms with Crippen LogP contribution in [0.5, 0.6) is 11.5 Å². The number of fused-ring (bicyclic) bond motifs is 2. The third-order valence-corrected chi connectivity index (χ3v) is 8.07. The van der Waals surface area contributed by atoms with Gasteiger partial charge in [-0.25, -0.2) is 4.68 Å². The SMILES string of the molecule is C[C@@H](c1ccccc1Br)n1cc(-c2cnn3c2CN(C(=O)c2cc(-c4ccc5c(c4)OCCO5)n[nH]2)CC3)nn1. The summed E-state index contributed by atoms with van der Waals surface area (Å²) in [7, 11) is 0. The van der Waals surface area contributed by atoms with E-state index in [1.807, 2.05) is 52.0 Å². The highest BCUT2D eigenvalue weighted by molar-refractivity contribution is 9.10. The zero-order chi connectivity index (χ0) is 27.2. The minimum absolute atomic E-state index is 0.00918. The number of hydrogen-bond donors (Lipinski definition) is 1. The molecule has 1 N–H and O–H groups in total. The standard InChI is InChI=1S/C28H25BrN8O3/c1-17(19-4-2-3-5-21(19)29)37-15-24(33-34-37)20-14-30-36-9-8-35(16-25(20)36)28(38)23-13-22(31-32-23)18-6-7-26-27(12-18)40-11-10-39-26/h2-7,12-15,17H,8-11,16H2,1H3,(H,31,32)/t17-/m0/s1. The van der Waals surface area contributed by atoms with Crippen LogP contribution in [0.4, 0.5) is 0 Å². The Morgan fingerprint density at radius 2 is 1.90 bits per heavy atom. The van der Waals surface area contributed by atoms with E-state index in [9.17, 15) is 4.79 Å². The number of aromatic nitrogens is 7. The zero-order valence-electron chi connectivity index (χ0n) is 21.6. The third-order valence-electron chi connectivity index (χ3n) is 7.34. The van der Waals surface area contributed by atoms with Crippen molar-refractivity contribution < 1.29 is 14.3 Å². The van der Waals surface area contributed by atoms with Gasteiger partial charge in [0.2, 0.25) is 0 Å². The van der Waals surface area contributed by atoms with Crippen LogP contribution in [0, 0.1) is 0 Å². The third kappa shape index (κ3) is 4.34. The average Bonchev–Trinajstić information content (AvgIpc) is 3.76. The molecule has 2 aliphatic rings. The fraction of sp³-hybridized carbons (Fsp3) is 0.250. The van der Waals surface area contributed by atoms with E-state index in [2.05, 4.69) is 54.5 Å². The van der Waals surface area contributed by atoms with Gasteiger partial charge in [-0.1, -0.05) is 39.3 Å². The summed E-state index contributed by atoms with van der Waals surface area (Å²) in [5.41, 5.74) is 5.56. The number of hydrogen-bond acceptors (Lipinski definition) is 7. The predicted octanol–water partition coefficient (Wildman–Crippen LogP) is 4.33. The van der Waals surface area contributed by atoms with Crippen LogP contribution in [-0.2, 0) is 13.1 Å². The molecule has 0 spiro atoms. The Morgan fingerprint density at radius 1 is 1.05 bits per heavy atom. The summed E-state index contributed by atoms with van der Waals surface area (Å²) in [6.07, 6.45) is 3.73. The molecule has 0 radical (unpaired) electrons. The molecule has 12 heteroatoms. The van der Waals surface area contributed by atoms with Crippen LogP contribution < -0.4 is 9.47 Å². The Labute approximate surface area is 237 Å². The quantitative estimate of drug-likeness (QED) is 0.319. The smallest absolute Gasteiger partial charge is 0.272 e. The van der Waals surface area contributed by atoms with Gasteiger partial charge >= 0.3 is 0 Å². The molecule has 5 aromatic rings. The van der Waals surface area contributed by atoms with Gasteiger partial charge in [0, 0.05) is 22.1 Å². The molecule has 0 fully saturated rings. The molecule has 1 atom stereocenters. The number of ether oxygens (including phenoxy) is 2. The largest absolute Gasteiger partial charge is 0.486 e. The fourth-order valence-electron chi connectivity index (χ4n) is 5.13. The maximum Gasteiger partial charge on any atom is 0.272 e. The van der Waals surface area contributed by atoms with Crippen LogP contribution in [0.3, 0.4) is 0 Å². The summed E-state index contributed by atoms with van der Waals surface area (Å²) in [6.45, 7) is 4.65. The first-order valence-electron chi connectivity index (χ1n) is 13.0. The van der Waals surface area contributed by atoms with Crippen LogP contribution in [-0.4, -0.2) is 65.5 Å². The highest BCUT2D eigenvalue weighted by Gasteiger charge is 2.28. The molecule has 3 aromatic heterocycles. The Kier molecular flexibility index (Phi) is 6.11. The first-order valence-corrected chi connectivity index (χ1v) is 13.8. The van der Waals surface area contributed by atoms with Gasteiger partial charge in [-0.3, -0.25) is 14.6 Å². The number of H-pyrrole nitrogens is 1. The molecule has 0 saturated heterocycles. The van der Waals surface area contributed by atoms with Gasteiger partial charge in [-0.2, -0.15) is 10.2 Å². The van der Waals surface area contributed by atoms with Gasteiger partial charge in [0.1, 0.15) is 24.6 Å². The molecule has 5 heterocycles. The van der Waals surface area contributed by atoms with Crippen LogP contribution in [0.25, 0.3) is 22.5 Å². The van der Waals surface area contributed by atoms with Crippen molar-refractivity contribution in [1.82, 2.24) is 39.9 Å². The van der Waals surface area contributed by atoms with E-state index in [1.54, 1.807) is 17.2 Å². The van der Waals surface area contributed by atoms with Crippen LogP contribution >= 0.6 is 15.9 Å². The predicted molar refractivity (Wildman–Crippen MR) is 149 cm³/mol. The molecular formula is C28H25BrN8O3. The summed E-state index contributed by atoms with van der Waals surface area (Å²) in [6, 6.07) is 15.5. The highest BCUT2D eigenvalue weighted by Crippen LogP contribution is 2.34. The van der Waals surface area contributed by atoms with Gasteiger partial charge in [-0.05, 0) is 42.8 Å². The lowest BCUT2D eigenvalue weighted by molar-refractivity contribution is 0.0700. The lowest BCUT2D eigenvalue weighted by Crippen LogP contribution is -2.38. The Bertz CT molecular complexity index is 1720. The van der Waals surface area contributed by atoms with Gasteiger partial charge in [0.25, 0.3) is 5.91 Å². The summed E-state index contributed by atoms with van der Waals surface area (Å²) >= 11 is 3.63. The molecule has 2 aliphatic heterocycles. The van der Waals surface area contributed by atoms with E-state index in [0.29, 0.717) is 55.7 Å². The number of nitrogens with one attached hydrogen (secondary N) is 1. The van der Waals surface area contributed by atoms with E-state index in [-0.39, 0.29) is 11.9 Å². The summed E-state index contributed by atoms with van der Waals surface area (Å²) in [4.78, 5) is 15.3. The molecule has 40 heavy (non-hydrogen) atoms. The molecule has 11 nitrogen and oxygen atoms in total. The lowest BCUT2D eigenvalue weighted by Gasteiger charge is -2.27. The topological polar surface area (TPSA) is 116 Å². The number of rotatable bonds is 5. The fourth-order valence-corrected chi connectivity index (χ4v) is 5.75. The molecule has 202 valence electrons. The first-order chi connectivity index (χ1) is 19.5. The normalized spacial score (nSPS) is 15.1. The molecule has 0 unspecified atom stereocenters. The second kappa shape index (κ2) is 9.94. The Morgan fingerprint density at radius 3 is 2.77 bits per heavy atom. The van der Waals surface area contributed by atoms with Gasteiger partial charge in [0.15, 0.2) is 11.5 Å². The average molecular weight is 601 g/mol. The molecule has 0 aliphatic carbocycles. The monoisotopic (exact) mass is 600 g/mol.